The molecule has 1 heterocycles. The number of carbonyl (C=O) groups is 1. The largest absolute Gasteiger partial charge is 0.507 e. The number of nitrogens with two attached hydrogens (primary N) is 1. The highest BCUT2D eigenvalue weighted by atomic mass is 16.5. The lowest BCUT2D eigenvalue weighted by Gasteiger charge is -2.24. The zero-order valence-electron chi connectivity index (χ0n) is 17.0. The molecule has 0 spiro atoms. The second kappa shape index (κ2) is 8.57. The van der Waals surface area contributed by atoms with Crippen LogP contribution >= 0.6 is 0 Å². The quantitative estimate of drug-likeness (QED) is 0.535. The lowest BCUT2D eigenvalue weighted by atomic mass is 9.95. The highest BCUT2D eigenvalue weighted by molar-refractivity contribution is 5.95. The molecule has 4 rings (SSSR count). The zero-order valence-corrected chi connectivity index (χ0v) is 17.0. The average molecular weight is 406 g/mol. The Bertz CT molecular complexity index is 1080. The van der Waals surface area contributed by atoms with Crippen LogP contribution in [0.25, 0.3) is 22.0 Å². The molecule has 30 heavy (non-hydrogen) atoms. The molecule has 7 nitrogen and oxygen atoms in total. The van der Waals surface area contributed by atoms with E-state index in [2.05, 4.69) is 15.3 Å². The summed E-state index contributed by atoms with van der Waals surface area (Å²) in [5.74, 6) is 0.326. The number of rotatable bonds is 5. The van der Waals surface area contributed by atoms with Gasteiger partial charge in [-0.15, -0.1) is 0 Å². The van der Waals surface area contributed by atoms with Gasteiger partial charge >= 0.3 is 5.97 Å². The lowest BCUT2D eigenvalue weighted by Crippen LogP contribution is -2.23. The van der Waals surface area contributed by atoms with Crippen molar-refractivity contribution in [1.29, 1.82) is 0 Å². The first-order chi connectivity index (χ1) is 14.5. The molecule has 1 aliphatic rings. The van der Waals surface area contributed by atoms with Crippen molar-refractivity contribution in [2.24, 2.45) is 0 Å². The number of benzene rings is 2. The first-order valence-corrected chi connectivity index (χ1v) is 10.4. The summed E-state index contributed by atoms with van der Waals surface area (Å²) in [4.78, 5) is 20.7. The summed E-state index contributed by atoms with van der Waals surface area (Å²) in [5, 5.41) is 14.7. The number of nitrogens with zero attached hydrogens (tertiary/aromatic N) is 2. The maximum absolute atomic E-state index is 11.9. The number of hydrogen-bond donors (Lipinski definition) is 3. The van der Waals surface area contributed by atoms with Gasteiger partial charge in [0.05, 0.1) is 12.1 Å². The van der Waals surface area contributed by atoms with Gasteiger partial charge in [-0.05, 0) is 55.2 Å². The lowest BCUT2D eigenvalue weighted by molar-refractivity contribution is 0.0523. The van der Waals surface area contributed by atoms with Gasteiger partial charge in [0.2, 0.25) is 5.95 Å². The average Bonchev–Trinajstić information content (AvgIpc) is 2.74. The van der Waals surface area contributed by atoms with E-state index in [0.29, 0.717) is 6.04 Å². The Kier molecular flexibility index (Phi) is 5.70. The van der Waals surface area contributed by atoms with E-state index >= 15 is 0 Å². The molecule has 2 aromatic carbocycles. The first kappa shape index (κ1) is 19.9. The second-order valence-corrected chi connectivity index (χ2v) is 7.59. The fourth-order valence-corrected chi connectivity index (χ4v) is 3.97. The van der Waals surface area contributed by atoms with Crippen molar-refractivity contribution in [3.63, 3.8) is 0 Å². The number of nitrogen functional groups attached to an aromatic ring is 1. The Labute approximate surface area is 175 Å². The van der Waals surface area contributed by atoms with Crippen molar-refractivity contribution < 1.29 is 14.6 Å². The summed E-state index contributed by atoms with van der Waals surface area (Å²) >= 11 is 0. The molecule has 0 atom stereocenters. The smallest absolute Gasteiger partial charge is 0.341 e. The van der Waals surface area contributed by atoms with Gasteiger partial charge in [-0.25, -0.2) is 9.78 Å². The number of aromatic hydroxyl groups is 1. The normalized spacial score (nSPS) is 14.6. The van der Waals surface area contributed by atoms with Crippen LogP contribution in [0.1, 0.15) is 49.4 Å². The fourth-order valence-electron chi connectivity index (χ4n) is 3.97. The number of anilines is 2. The monoisotopic (exact) mass is 406 g/mol. The van der Waals surface area contributed by atoms with E-state index in [0.717, 1.165) is 40.7 Å². The number of nitrogens with one attached hydrogen (secondary N) is 1. The summed E-state index contributed by atoms with van der Waals surface area (Å²) in [6.45, 7) is 1.98. The van der Waals surface area contributed by atoms with Gasteiger partial charge in [-0.3, -0.25) is 0 Å². The molecule has 0 saturated heterocycles. The Morgan fingerprint density at radius 2 is 1.87 bits per heavy atom. The van der Waals surface area contributed by atoms with E-state index in [1.54, 1.807) is 25.1 Å². The molecule has 1 saturated carbocycles. The number of fused-ring (bicyclic) bond motifs is 1. The SMILES string of the molecule is CCOC(=O)c1ccc(-c2ccc3nc(N)nc(NC4CCCCC4)c3c2)cc1O. The molecule has 0 aliphatic heterocycles. The van der Waals surface area contributed by atoms with Crippen LogP contribution in [0.3, 0.4) is 0 Å². The van der Waals surface area contributed by atoms with Crippen LogP contribution in [0.15, 0.2) is 36.4 Å². The highest BCUT2D eigenvalue weighted by Gasteiger charge is 2.17. The van der Waals surface area contributed by atoms with Gasteiger partial charge in [0.25, 0.3) is 0 Å². The van der Waals surface area contributed by atoms with Crippen molar-refractivity contribution >= 4 is 28.6 Å². The van der Waals surface area contributed by atoms with E-state index in [1.807, 2.05) is 18.2 Å². The molecular weight excluding hydrogens is 380 g/mol. The summed E-state index contributed by atoms with van der Waals surface area (Å²) in [6, 6.07) is 11.1. The number of hydrogen-bond acceptors (Lipinski definition) is 7. The van der Waals surface area contributed by atoms with Crippen LogP contribution < -0.4 is 11.1 Å². The fraction of sp³-hybridized carbons (Fsp3) is 0.348. The first-order valence-electron chi connectivity index (χ1n) is 10.4. The minimum Gasteiger partial charge on any atom is -0.507 e. The minimum atomic E-state index is -0.539. The second-order valence-electron chi connectivity index (χ2n) is 7.59. The van der Waals surface area contributed by atoms with Crippen LogP contribution in [0.5, 0.6) is 5.75 Å². The van der Waals surface area contributed by atoms with E-state index in [4.69, 9.17) is 10.5 Å². The van der Waals surface area contributed by atoms with Gasteiger partial charge in [0.15, 0.2) is 0 Å². The Hall–Kier alpha value is -3.35. The Morgan fingerprint density at radius 3 is 2.60 bits per heavy atom. The number of aromatic nitrogens is 2. The standard InChI is InChI=1S/C23H26N4O3/c1-2-30-22(29)17-10-8-15(13-20(17)28)14-9-11-19-18(12-14)21(27-23(24)26-19)25-16-6-4-3-5-7-16/h8-13,16,28H,2-7H2,1H3,(H3,24,25,26,27). The summed E-state index contributed by atoms with van der Waals surface area (Å²) < 4.78 is 4.98. The summed E-state index contributed by atoms with van der Waals surface area (Å²) in [5.41, 5.74) is 8.50. The number of ether oxygens (including phenoxy) is 1. The third kappa shape index (κ3) is 4.15. The van der Waals surface area contributed by atoms with Crippen molar-refractivity contribution in [1.82, 2.24) is 9.97 Å². The van der Waals surface area contributed by atoms with E-state index in [-0.39, 0.29) is 23.9 Å². The molecule has 1 aliphatic carbocycles. The van der Waals surface area contributed by atoms with Crippen molar-refractivity contribution in [2.75, 3.05) is 17.7 Å². The summed E-state index contributed by atoms with van der Waals surface area (Å²) in [6.07, 6.45) is 5.95. The molecule has 156 valence electrons. The third-order valence-electron chi connectivity index (χ3n) is 5.49. The molecule has 0 amide bonds. The van der Waals surface area contributed by atoms with E-state index < -0.39 is 5.97 Å². The molecule has 7 heteroatoms. The highest BCUT2D eigenvalue weighted by Crippen LogP contribution is 2.32. The van der Waals surface area contributed by atoms with Gasteiger partial charge in [-0.1, -0.05) is 31.4 Å². The number of esters is 1. The molecule has 0 unspecified atom stereocenters. The van der Waals surface area contributed by atoms with Crippen LogP contribution in [-0.2, 0) is 4.74 Å². The maximum Gasteiger partial charge on any atom is 0.341 e. The van der Waals surface area contributed by atoms with Gasteiger partial charge in [0, 0.05) is 11.4 Å². The minimum absolute atomic E-state index is 0.111. The zero-order chi connectivity index (χ0) is 21.1. The maximum atomic E-state index is 11.9. The molecular formula is C23H26N4O3. The Balaban J connectivity index is 1.70. The molecule has 1 fully saturated rings. The van der Waals surface area contributed by atoms with Crippen LogP contribution in [0, 0.1) is 0 Å². The van der Waals surface area contributed by atoms with E-state index in [1.165, 1.54) is 19.3 Å². The van der Waals surface area contributed by atoms with Gasteiger partial charge in [0.1, 0.15) is 17.1 Å². The van der Waals surface area contributed by atoms with Gasteiger partial charge in [-0.2, -0.15) is 4.98 Å². The molecule has 4 N–H and O–H groups in total. The summed E-state index contributed by atoms with van der Waals surface area (Å²) in [7, 11) is 0. The van der Waals surface area contributed by atoms with Crippen LogP contribution in [0.2, 0.25) is 0 Å². The van der Waals surface area contributed by atoms with Crippen molar-refractivity contribution in [3.8, 4) is 16.9 Å². The van der Waals surface area contributed by atoms with Crippen LogP contribution in [-0.4, -0.2) is 33.7 Å². The topological polar surface area (TPSA) is 110 Å². The molecule has 1 aromatic heterocycles. The van der Waals surface area contributed by atoms with Crippen molar-refractivity contribution in [2.45, 2.75) is 45.1 Å². The van der Waals surface area contributed by atoms with E-state index in [9.17, 15) is 9.90 Å². The Morgan fingerprint density at radius 1 is 1.13 bits per heavy atom. The number of phenols is 1. The third-order valence-corrected chi connectivity index (χ3v) is 5.49. The number of phenolic OH excluding ortho intramolecular Hbond substituents is 1. The van der Waals surface area contributed by atoms with Gasteiger partial charge < -0.3 is 20.9 Å². The predicted molar refractivity (Wildman–Crippen MR) is 118 cm³/mol. The molecule has 3 aromatic rings. The molecule has 0 radical (unpaired) electrons. The number of carbonyl (C=O) groups excluding carboxylic acids is 1. The molecule has 0 bridgehead atoms. The van der Waals surface area contributed by atoms with Crippen molar-refractivity contribution in [3.05, 3.63) is 42.0 Å². The predicted octanol–water partition coefficient (Wildman–Crippen LogP) is 4.51. The van der Waals surface area contributed by atoms with Crippen LogP contribution in [0.4, 0.5) is 11.8 Å².